The van der Waals surface area contributed by atoms with E-state index in [9.17, 15) is 0 Å². The second-order valence-corrected chi connectivity index (χ2v) is 4.28. The minimum Gasteiger partial charge on any atom is -0.380 e. The summed E-state index contributed by atoms with van der Waals surface area (Å²) in [6.07, 6.45) is 1.53. The number of rotatable bonds is 4. The highest BCUT2D eigenvalue weighted by Crippen LogP contribution is 2.25. The number of aromatic nitrogens is 3. The predicted octanol–water partition coefficient (Wildman–Crippen LogP) is 0.492. The molecule has 2 rings (SSSR count). The van der Waals surface area contributed by atoms with E-state index >= 15 is 0 Å². The summed E-state index contributed by atoms with van der Waals surface area (Å²) in [5.41, 5.74) is 0.300. The van der Waals surface area contributed by atoms with Gasteiger partial charge in [0.15, 0.2) is 0 Å². The number of hydrogen-bond acceptors (Lipinski definition) is 4. The van der Waals surface area contributed by atoms with Crippen molar-refractivity contribution in [3.05, 3.63) is 12.2 Å². The van der Waals surface area contributed by atoms with E-state index in [0.29, 0.717) is 5.41 Å². The van der Waals surface area contributed by atoms with E-state index in [4.69, 9.17) is 4.74 Å². The van der Waals surface area contributed by atoms with Gasteiger partial charge >= 0.3 is 0 Å². The lowest BCUT2D eigenvalue weighted by molar-refractivity contribution is -0.0999. The van der Waals surface area contributed by atoms with Gasteiger partial charge in [0, 0.05) is 12.0 Å². The zero-order valence-corrected chi connectivity index (χ0v) is 8.58. The van der Waals surface area contributed by atoms with Crippen LogP contribution in [-0.2, 0) is 4.74 Å². The van der Waals surface area contributed by atoms with Gasteiger partial charge in [0.2, 0.25) is 0 Å². The maximum atomic E-state index is 5.19. The normalized spacial score (nSPS) is 21.6. The van der Waals surface area contributed by atoms with Gasteiger partial charge < -0.3 is 10.1 Å². The second kappa shape index (κ2) is 3.67. The van der Waals surface area contributed by atoms with Gasteiger partial charge in [0.25, 0.3) is 0 Å². The summed E-state index contributed by atoms with van der Waals surface area (Å²) in [4.78, 5) is 4.10. The lowest BCUT2D eigenvalue weighted by Gasteiger charge is -2.38. The molecule has 0 spiro atoms. The first-order chi connectivity index (χ1) is 6.70. The number of H-pyrrole nitrogens is 1. The van der Waals surface area contributed by atoms with E-state index in [-0.39, 0.29) is 6.04 Å². The molecule has 5 heteroatoms. The van der Waals surface area contributed by atoms with Crippen LogP contribution in [0.2, 0.25) is 0 Å². The standard InChI is InChI=1S/C9H16N4O/c1-7(8-11-6-12-13-8)10-3-9(2)4-14-5-9/h6-7,10H,3-5H2,1-2H3,(H,11,12,13). The van der Waals surface area contributed by atoms with Crippen molar-refractivity contribution < 1.29 is 4.74 Å². The van der Waals surface area contributed by atoms with Gasteiger partial charge in [-0.3, -0.25) is 5.10 Å². The zero-order valence-electron chi connectivity index (χ0n) is 8.58. The van der Waals surface area contributed by atoms with Crippen LogP contribution < -0.4 is 5.32 Å². The summed E-state index contributed by atoms with van der Waals surface area (Å²) in [6.45, 7) is 6.95. The number of nitrogens with one attached hydrogen (secondary N) is 2. The van der Waals surface area contributed by atoms with Crippen molar-refractivity contribution in [1.29, 1.82) is 0 Å². The lowest BCUT2D eigenvalue weighted by atomic mass is 9.88. The first-order valence-corrected chi connectivity index (χ1v) is 4.86. The van der Waals surface area contributed by atoms with Gasteiger partial charge in [-0.2, -0.15) is 5.10 Å². The first kappa shape index (κ1) is 9.61. The molecule has 0 saturated carbocycles. The predicted molar refractivity (Wildman–Crippen MR) is 51.7 cm³/mol. The third-order valence-corrected chi connectivity index (χ3v) is 2.58. The molecule has 1 saturated heterocycles. The van der Waals surface area contributed by atoms with Crippen LogP contribution in [0.5, 0.6) is 0 Å². The Morgan fingerprint density at radius 2 is 2.50 bits per heavy atom. The van der Waals surface area contributed by atoms with Crippen LogP contribution in [0.15, 0.2) is 6.33 Å². The van der Waals surface area contributed by atoms with Gasteiger partial charge in [-0.05, 0) is 6.92 Å². The maximum Gasteiger partial charge on any atom is 0.141 e. The molecule has 1 unspecified atom stereocenters. The number of nitrogens with zero attached hydrogens (tertiary/aromatic N) is 2. The van der Waals surface area contributed by atoms with E-state index in [1.807, 2.05) is 0 Å². The minimum absolute atomic E-state index is 0.218. The third-order valence-electron chi connectivity index (χ3n) is 2.58. The molecule has 2 heterocycles. The molecule has 2 N–H and O–H groups in total. The van der Waals surface area contributed by atoms with Crippen LogP contribution in [0, 0.1) is 5.41 Å². The van der Waals surface area contributed by atoms with E-state index in [1.54, 1.807) is 0 Å². The van der Waals surface area contributed by atoms with E-state index in [0.717, 1.165) is 25.6 Å². The smallest absolute Gasteiger partial charge is 0.141 e. The molecule has 78 valence electrons. The fraction of sp³-hybridized carbons (Fsp3) is 0.778. The molecule has 1 aliphatic heterocycles. The van der Waals surface area contributed by atoms with Crippen molar-refractivity contribution in [3.63, 3.8) is 0 Å². The molecule has 0 radical (unpaired) electrons. The molecule has 1 aromatic heterocycles. The highest BCUT2D eigenvalue weighted by molar-refractivity contribution is 4.91. The summed E-state index contributed by atoms with van der Waals surface area (Å²) in [7, 11) is 0. The van der Waals surface area contributed by atoms with Crippen LogP contribution >= 0.6 is 0 Å². The Hall–Kier alpha value is -0.940. The van der Waals surface area contributed by atoms with Gasteiger partial charge in [-0.25, -0.2) is 4.98 Å². The van der Waals surface area contributed by atoms with Gasteiger partial charge in [0.05, 0.1) is 19.3 Å². The molecule has 5 nitrogen and oxygen atoms in total. The molecule has 1 fully saturated rings. The lowest BCUT2D eigenvalue weighted by Crippen LogP contribution is -2.47. The van der Waals surface area contributed by atoms with Crippen LogP contribution in [0.1, 0.15) is 25.7 Å². The van der Waals surface area contributed by atoms with Gasteiger partial charge in [-0.15, -0.1) is 0 Å². The molecule has 14 heavy (non-hydrogen) atoms. The molecule has 0 aromatic carbocycles. The van der Waals surface area contributed by atoms with Crippen molar-refractivity contribution in [2.75, 3.05) is 19.8 Å². The molecule has 1 aliphatic rings. The van der Waals surface area contributed by atoms with Crippen LogP contribution in [0.25, 0.3) is 0 Å². The molecular formula is C9H16N4O. The maximum absolute atomic E-state index is 5.19. The monoisotopic (exact) mass is 196 g/mol. The quantitative estimate of drug-likeness (QED) is 0.735. The minimum atomic E-state index is 0.218. The molecule has 0 bridgehead atoms. The third kappa shape index (κ3) is 1.93. The number of ether oxygens (including phenoxy) is 1. The largest absolute Gasteiger partial charge is 0.380 e. The van der Waals surface area contributed by atoms with E-state index in [2.05, 4.69) is 34.3 Å². The highest BCUT2D eigenvalue weighted by atomic mass is 16.5. The summed E-state index contributed by atoms with van der Waals surface area (Å²) in [5, 5.41) is 10.1. The van der Waals surface area contributed by atoms with Gasteiger partial charge in [-0.1, -0.05) is 6.92 Å². The van der Waals surface area contributed by atoms with Crippen LogP contribution in [0.4, 0.5) is 0 Å². The molecular weight excluding hydrogens is 180 g/mol. The van der Waals surface area contributed by atoms with Crippen molar-refractivity contribution in [1.82, 2.24) is 20.5 Å². The fourth-order valence-electron chi connectivity index (χ4n) is 1.47. The Morgan fingerprint density at radius 3 is 3.00 bits per heavy atom. The van der Waals surface area contributed by atoms with Crippen molar-refractivity contribution >= 4 is 0 Å². The van der Waals surface area contributed by atoms with E-state index in [1.165, 1.54) is 6.33 Å². The topological polar surface area (TPSA) is 62.8 Å². The van der Waals surface area contributed by atoms with Crippen molar-refractivity contribution in [2.24, 2.45) is 5.41 Å². The second-order valence-electron chi connectivity index (χ2n) is 4.28. The molecule has 1 aromatic rings. The summed E-state index contributed by atoms with van der Waals surface area (Å²) in [6, 6.07) is 0.218. The van der Waals surface area contributed by atoms with E-state index < -0.39 is 0 Å². The molecule has 1 atom stereocenters. The number of hydrogen-bond donors (Lipinski definition) is 2. The summed E-state index contributed by atoms with van der Waals surface area (Å²) in [5.74, 6) is 0.883. The van der Waals surface area contributed by atoms with Crippen molar-refractivity contribution in [3.8, 4) is 0 Å². The average molecular weight is 196 g/mol. The Bertz CT molecular complexity index is 281. The number of aromatic amines is 1. The Balaban J connectivity index is 1.80. The van der Waals surface area contributed by atoms with Crippen molar-refractivity contribution in [2.45, 2.75) is 19.9 Å². The first-order valence-electron chi connectivity index (χ1n) is 4.86. The Morgan fingerprint density at radius 1 is 1.71 bits per heavy atom. The van der Waals surface area contributed by atoms with Crippen LogP contribution in [-0.4, -0.2) is 34.9 Å². The van der Waals surface area contributed by atoms with Gasteiger partial charge in [0.1, 0.15) is 12.2 Å². The summed E-state index contributed by atoms with van der Waals surface area (Å²) >= 11 is 0. The van der Waals surface area contributed by atoms with Crippen LogP contribution in [0.3, 0.4) is 0 Å². The highest BCUT2D eigenvalue weighted by Gasteiger charge is 2.33. The molecule has 0 aliphatic carbocycles. The Labute approximate surface area is 83.3 Å². The zero-order chi connectivity index (χ0) is 10.0. The summed E-state index contributed by atoms with van der Waals surface area (Å²) < 4.78 is 5.19. The fourth-order valence-corrected chi connectivity index (χ4v) is 1.47. The molecule has 0 amide bonds. The SMILES string of the molecule is CC(NCC1(C)COC1)c1ncn[nH]1. The Kier molecular flexibility index (Phi) is 2.52. The average Bonchev–Trinajstić information content (AvgIpc) is 2.63.